The molecule has 0 aliphatic heterocycles. The number of aliphatic hydroxyl groups is 1. The summed E-state index contributed by atoms with van der Waals surface area (Å²) in [6.07, 6.45) is 0.00895. The molecular formula is C14H16Cl2N2O. The molecule has 1 unspecified atom stereocenters. The largest absolute Gasteiger partial charge is 0.382 e. The van der Waals surface area contributed by atoms with Gasteiger partial charge in [0.1, 0.15) is 6.10 Å². The number of aryl methyl sites for hydroxylation is 2. The number of hydrogen-bond acceptors (Lipinski definition) is 2. The maximum absolute atomic E-state index is 10.5. The normalized spacial score (nSPS) is 12.7. The second-order valence-electron chi connectivity index (χ2n) is 4.28. The van der Waals surface area contributed by atoms with Crippen molar-refractivity contribution >= 4 is 23.2 Å². The van der Waals surface area contributed by atoms with Gasteiger partial charge in [-0.25, -0.2) is 0 Å². The maximum Gasteiger partial charge on any atom is 0.122 e. The fourth-order valence-corrected chi connectivity index (χ4v) is 2.44. The van der Waals surface area contributed by atoms with E-state index in [0.29, 0.717) is 22.2 Å². The highest BCUT2D eigenvalue weighted by Crippen LogP contribution is 2.33. The van der Waals surface area contributed by atoms with E-state index < -0.39 is 6.10 Å². The minimum absolute atomic E-state index is 0.388. The van der Waals surface area contributed by atoms with Gasteiger partial charge < -0.3 is 5.11 Å². The predicted octanol–water partition coefficient (Wildman–Crippen LogP) is 3.85. The molecule has 1 N–H and O–H groups in total. The molecule has 0 fully saturated rings. The molecule has 0 saturated heterocycles. The molecule has 5 heteroatoms. The molecule has 0 saturated carbocycles. The summed E-state index contributed by atoms with van der Waals surface area (Å²) in [6, 6.07) is 7.16. The smallest absolute Gasteiger partial charge is 0.122 e. The zero-order chi connectivity index (χ0) is 14.0. The summed E-state index contributed by atoms with van der Waals surface area (Å²) in [4.78, 5) is 0. The second-order valence-corrected chi connectivity index (χ2v) is 5.06. The van der Waals surface area contributed by atoms with Crippen LogP contribution in [0.15, 0.2) is 24.3 Å². The van der Waals surface area contributed by atoms with Gasteiger partial charge >= 0.3 is 0 Å². The van der Waals surface area contributed by atoms with E-state index in [0.717, 1.165) is 17.8 Å². The van der Waals surface area contributed by atoms with Crippen LogP contribution in [0.4, 0.5) is 0 Å². The third-order valence-corrected chi connectivity index (χ3v) is 3.91. The minimum atomic E-state index is -0.820. The van der Waals surface area contributed by atoms with Crippen molar-refractivity contribution in [1.29, 1.82) is 0 Å². The van der Waals surface area contributed by atoms with Gasteiger partial charge in [-0.15, -0.1) is 0 Å². The Labute approximate surface area is 122 Å². The molecule has 1 aromatic carbocycles. The molecule has 2 aromatic rings. The molecule has 0 aliphatic rings. The molecule has 2 rings (SSSR count). The molecular weight excluding hydrogens is 283 g/mol. The summed E-state index contributed by atoms with van der Waals surface area (Å²) in [5.74, 6) is 0. The third kappa shape index (κ3) is 2.78. The van der Waals surface area contributed by atoms with E-state index in [1.54, 1.807) is 22.9 Å². The predicted molar refractivity (Wildman–Crippen MR) is 77.8 cm³/mol. The average molecular weight is 299 g/mol. The first-order chi connectivity index (χ1) is 9.08. The van der Waals surface area contributed by atoms with E-state index in [4.69, 9.17) is 23.2 Å². The lowest BCUT2D eigenvalue weighted by atomic mass is 10.1. The number of hydrogen-bond donors (Lipinski definition) is 1. The van der Waals surface area contributed by atoms with Crippen LogP contribution in [0.3, 0.4) is 0 Å². The molecule has 102 valence electrons. The number of aromatic nitrogens is 2. The van der Waals surface area contributed by atoms with E-state index >= 15 is 0 Å². The fourth-order valence-electron chi connectivity index (χ4n) is 2.02. The summed E-state index contributed by atoms with van der Waals surface area (Å²) in [7, 11) is 0. The van der Waals surface area contributed by atoms with Gasteiger partial charge in [-0.1, -0.05) is 42.3 Å². The second kappa shape index (κ2) is 5.95. The first-order valence-electron chi connectivity index (χ1n) is 6.27. The van der Waals surface area contributed by atoms with Crippen LogP contribution in [0, 0.1) is 0 Å². The van der Waals surface area contributed by atoms with E-state index in [9.17, 15) is 5.11 Å². The van der Waals surface area contributed by atoms with Gasteiger partial charge in [0, 0.05) is 12.1 Å². The van der Waals surface area contributed by atoms with Crippen LogP contribution >= 0.6 is 23.2 Å². The first-order valence-corrected chi connectivity index (χ1v) is 7.02. The molecule has 3 nitrogen and oxygen atoms in total. The molecule has 0 spiro atoms. The topological polar surface area (TPSA) is 38.0 Å². The Hall–Kier alpha value is -1.03. The zero-order valence-corrected chi connectivity index (χ0v) is 12.4. The van der Waals surface area contributed by atoms with Crippen molar-refractivity contribution in [3.63, 3.8) is 0 Å². The summed E-state index contributed by atoms with van der Waals surface area (Å²) < 4.78 is 1.79. The third-order valence-electron chi connectivity index (χ3n) is 3.08. The van der Waals surface area contributed by atoms with Crippen LogP contribution in [-0.4, -0.2) is 14.9 Å². The van der Waals surface area contributed by atoms with E-state index in [1.165, 1.54) is 0 Å². The van der Waals surface area contributed by atoms with Crippen molar-refractivity contribution in [3.8, 4) is 0 Å². The molecule has 0 bridgehead atoms. The van der Waals surface area contributed by atoms with Crippen molar-refractivity contribution in [1.82, 2.24) is 9.78 Å². The lowest BCUT2D eigenvalue weighted by Gasteiger charge is -2.14. The summed E-state index contributed by atoms with van der Waals surface area (Å²) >= 11 is 12.1. The van der Waals surface area contributed by atoms with Crippen LogP contribution in [0.1, 0.15) is 36.9 Å². The monoisotopic (exact) mass is 298 g/mol. The quantitative estimate of drug-likeness (QED) is 0.931. The highest BCUT2D eigenvalue weighted by atomic mass is 35.5. The number of aliphatic hydroxyl groups excluding tert-OH is 1. The highest BCUT2D eigenvalue weighted by Gasteiger charge is 2.20. The molecule has 0 amide bonds. The molecule has 1 aromatic heterocycles. The lowest BCUT2D eigenvalue weighted by molar-refractivity contribution is 0.208. The minimum Gasteiger partial charge on any atom is -0.382 e. The Morgan fingerprint density at radius 2 is 2.05 bits per heavy atom. The standard InChI is InChI=1S/C14H16Cl2N2O/c1-3-9-8-12(18(4-2)17-9)14(19)10-6-5-7-11(15)13(10)16/h5-8,14,19H,3-4H2,1-2H3. The first kappa shape index (κ1) is 14.4. The van der Waals surface area contributed by atoms with Crippen molar-refractivity contribution in [2.75, 3.05) is 0 Å². The van der Waals surface area contributed by atoms with Gasteiger partial charge in [-0.2, -0.15) is 5.10 Å². The number of halogens is 2. The molecule has 1 heterocycles. The molecule has 0 aliphatic carbocycles. The fraction of sp³-hybridized carbons (Fsp3) is 0.357. The van der Waals surface area contributed by atoms with Gasteiger partial charge in [0.05, 0.1) is 21.4 Å². The maximum atomic E-state index is 10.5. The van der Waals surface area contributed by atoms with Crippen molar-refractivity contribution in [2.45, 2.75) is 32.9 Å². The van der Waals surface area contributed by atoms with Crippen molar-refractivity contribution in [2.24, 2.45) is 0 Å². The lowest BCUT2D eigenvalue weighted by Crippen LogP contribution is -2.09. The van der Waals surface area contributed by atoms with E-state index in [1.807, 2.05) is 19.9 Å². The Kier molecular flexibility index (Phi) is 4.50. The van der Waals surface area contributed by atoms with Crippen LogP contribution in [-0.2, 0) is 13.0 Å². The van der Waals surface area contributed by atoms with Crippen molar-refractivity contribution < 1.29 is 5.11 Å². The van der Waals surface area contributed by atoms with Crippen LogP contribution in [0.5, 0.6) is 0 Å². The average Bonchev–Trinajstić information content (AvgIpc) is 2.84. The summed E-state index contributed by atoms with van der Waals surface area (Å²) in [5.41, 5.74) is 2.30. The molecule has 0 radical (unpaired) electrons. The van der Waals surface area contributed by atoms with E-state index in [2.05, 4.69) is 5.10 Å². The van der Waals surface area contributed by atoms with Gasteiger partial charge in [-0.3, -0.25) is 4.68 Å². The Balaban J connectivity index is 2.46. The van der Waals surface area contributed by atoms with Crippen LogP contribution in [0.25, 0.3) is 0 Å². The summed E-state index contributed by atoms with van der Waals surface area (Å²) in [5, 5.41) is 15.8. The van der Waals surface area contributed by atoms with Gasteiger partial charge in [0.25, 0.3) is 0 Å². The van der Waals surface area contributed by atoms with Crippen molar-refractivity contribution in [3.05, 3.63) is 51.3 Å². The zero-order valence-electron chi connectivity index (χ0n) is 10.9. The molecule has 19 heavy (non-hydrogen) atoms. The number of benzene rings is 1. The number of rotatable bonds is 4. The van der Waals surface area contributed by atoms with Gasteiger partial charge in [0.15, 0.2) is 0 Å². The Morgan fingerprint density at radius 1 is 1.32 bits per heavy atom. The van der Waals surface area contributed by atoms with Crippen LogP contribution in [0.2, 0.25) is 10.0 Å². The van der Waals surface area contributed by atoms with Gasteiger partial charge in [-0.05, 0) is 25.5 Å². The Morgan fingerprint density at radius 3 is 2.68 bits per heavy atom. The van der Waals surface area contributed by atoms with E-state index in [-0.39, 0.29) is 0 Å². The molecule has 1 atom stereocenters. The Bertz CT molecular complexity index is 581. The van der Waals surface area contributed by atoms with Crippen LogP contribution < -0.4 is 0 Å². The summed E-state index contributed by atoms with van der Waals surface area (Å²) in [6.45, 7) is 4.72. The SMILES string of the molecule is CCc1cc(C(O)c2cccc(Cl)c2Cl)n(CC)n1. The van der Waals surface area contributed by atoms with Gasteiger partial charge in [0.2, 0.25) is 0 Å². The number of nitrogens with zero attached hydrogens (tertiary/aromatic N) is 2. The highest BCUT2D eigenvalue weighted by molar-refractivity contribution is 6.42.